The first-order valence-electron chi connectivity index (χ1n) is 7.41. The zero-order chi connectivity index (χ0) is 14.7. The Balaban J connectivity index is 2.19. The van der Waals surface area contributed by atoms with Gasteiger partial charge in [-0.05, 0) is 38.8 Å². The van der Waals surface area contributed by atoms with E-state index < -0.39 is 0 Å². The van der Waals surface area contributed by atoms with Gasteiger partial charge >= 0.3 is 0 Å². The Morgan fingerprint density at radius 1 is 1.20 bits per heavy atom. The molecule has 1 saturated carbocycles. The molecule has 0 saturated heterocycles. The van der Waals surface area contributed by atoms with Crippen molar-refractivity contribution in [2.24, 2.45) is 0 Å². The lowest BCUT2D eigenvalue weighted by Gasteiger charge is -2.37. The van der Waals surface area contributed by atoms with Gasteiger partial charge in [-0.3, -0.25) is 4.90 Å². The van der Waals surface area contributed by atoms with E-state index in [0.29, 0.717) is 28.7 Å². The van der Waals surface area contributed by atoms with Crippen LogP contribution < -0.4 is 0 Å². The van der Waals surface area contributed by atoms with Crippen molar-refractivity contribution >= 4 is 23.2 Å². The molecule has 0 radical (unpaired) electrons. The molecule has 0 aliphatic heterocycles. The first-order valence-corrected chi connectivity index (χ1v) is 8.17. The quantitative estimate of drug-likeness (QED) is 0.821. The molecule has 0 atom stereocenters. The molecule has 0 aromatic heterocycles. The van der Waals surface area contributed by atoms with Gasteiger partial charge in [-0.1, -0.05) is 42.5 Å². The highest BCUT2D eigenvalue weighted by atomic mass is 35.5. The summed E-state index contributed by atoms with van der Waals surface area (Å²) in [4.78, 5) is 2.46. The van der Waals surface area contributed by atoms with E-state index >= 15 is 0 Å². The highest BCUT2D eigenvalue weighted by Gasteiger charge is 2.24. The third-order valence-corrected chi connectivity index (χ3v) is 4.67. The van der Waals surface area contributed by atoms with Crippen molar-refractivity contribution in [2.75, 3.05) is 0 Å². The van der Waals surface area contributed by atoms with Crippen molar-refractivity contribution in [2.45, 2.75) is 64.6 Å². The summed E-state index contributed by atoms with van der Waals surface area (Å²) >= 11 is 12.1. The number of rotatable bonds is 4. The van der Waals surface area contributed by atoms with Gasteiger partial charge in [0.1, 0.15) is 5.75 Å². The predicted molar refractivity (Wildman–Crippen MR) is 85.7 cm³/mol. The van der Waals surface area contributed by atoms with Crippen molar-refractivity contribution in [3.63, 3.8) is 0 Å². The summed E-state index contributed by atoms with van der Waals surface area (Å²) in [6.07, 6.45) is 6.43. The SMILES string of the molecule is CC(C)N(Cc1cc(Cl)cc(Cl)c1O)C1CCCCC1. The fraction of sp³-hybridized carbons (Fsp3) is 0.625. The second kappa shape index (κ2) is 7.02. The van der Waals surface area contributed by atoms with Gasteiger partial charge in [0.2, 0.25) is 0 Å². The number of phenols is 1. The second-order valence-electron chi connectivity index (χ2n) is 5.95. The summed E-state index contributed by atoms with van der Waals surface area (Å²) in [7, 11) is 0. The van der Waals surface area contributed by atoms with E-state index in [2.05, 4.69) is 18.7 Å². The summed E-state index contributed by atoms with van der Waals surface area (Å²) in [5.74, 6) is 0.164. The number of hydrogen-bond acceptors (Lipinski definition) is 2. The molecule has 0 unspecified atom stereocenters. The van der Waals surface area contributed by atoms with E-state index in [1.165, 1.54) is 32.1 Å². The van der Waals surface area contributed by atoms with Crippen LogP contribution in [0.3, 0.4) is 0 Å². The number of hydrogen-bond donors (Lipinski definition) is 1. The smallest absolute Gasteiger partial charge is 0.138 e. The minimum Gasteiger partial charge on any atom is -0.506 e. The van der Waals surface area contributed by atoms with E-state index in [-0.39, 0.29) is 5.75 Å². The molecule has 1 aromatic carbocycles. The fourth-order valence-corrected chi connectivity index (χ4v) is 3.62. The molecule has 2 nitrogen and oxygen atoms in total. The van der Waals surface area contributed by atoms with Crippen molar-refractivity contribution < 1.29 is 5.11 Å². The maximum absolute atomic E-state index is 10.1. The molecule has 0 amide bonds. The van der Waals surface area contributed by atoms with E-state index in [0.717, 1.165) is 5.56 Å². The lowest BCUT2D eigenvalue weighted by Crippen LogP contribution is -2.41. The van der Waals surface area contributed by atoms with Crippen LogP contribution in [0.5, 0.6) is 5.75 Å². The van der Waals surface area contributed by atoms with Crippen LogP contribution in [0, 0.1) is 0 Å². The van der Waals surface area contributed by atoms with Gasteiger partial charge in [-0.15, -0.1) is 0 Å². The number of nitrogens with zero attached hydrogens (tertiary/aromatic N) is 1. The van der Waals surface area contributed by atoms with E-state index in [1.54, 1.807) is 6.07 Å². The highest BCUT2D eigenvalue weighted by Crippen LogP contribution is 2.34. The summed E-state index contributed by atoms with van der Waals surface area (Å²) in [5, 5.41) is 11.0. The molecular formula is C16H23Cl2NO. The molecule has 2 rings (SSSR count). The maximum Gasteiger partial charge on any atom is 0.138 e. The first kappa shape index (κ1) is 15.9. The maximum atomic E-state index is 10.1. The van der Waals surface area contributed by atoms with Gasteiger partial charge in [-0.2, -0.15) is 0 Å². The highest BCUT2D eigenvalue weighted by molar-refractivity contribution is 6.35. The Bertz CT molecular complexity index is 456. The Kier molecular flexibility index (Phi) is 5.59. The van der Waals surface area contributed by atoms with Crippen LogP contribution in [0.2, 0.25) is 10.0 Å². The lowest BCUT2D eigenvalue weighted by molar-refractivity contribution is 0.111. The molecule has 1 aliphatic rings. The van der Waals surface area contributed by atoms with E-state index in [4.69, 9.17) is 23.2 Å². The minimum absolute atomic E-state index is 0.164. The van der Waals surface area contributed by atoms with E-state index in [1.807, 2.05) is 6.07 Å². The predicted octanol–water partition coefficient (Wildman–Crippen LogP) is 5.24. The molecular weight excluding hydrogens is 293 g/mol. The third kappa shape index (κ3) is 3.81. The second-order valence-corrected chi connectivity index (χ2v) is 6.80. The molecule has 112 valence electrons. The summed E-state index contributed by atoms with van der Waals surface area (Å²) < 4.78 is 0. The van der Waals surface area contributed by atoms with Gasteiger partial charge in [0.05, 0.1) is 5.02 Å². The number of benzene rings is 1. The van der Waals surface area contributed by atoms with Gasteiger partial charge in [0, 0.05) is 29.2 Å². The fourth-order valence-electron chi connectivity index (χ4n) is 3.08. The standard InChI is InChI=1S/C16H23Cl2NO/c1-11(2)19(14-6-4-3-5-7-14)10-12-8-13(17)9-15(18)16(12)20/h8-9,11,14,20H,3-7,10H2,1-2H3. The Morgan fingerprint density at radius 3 is 2.45 bits per heavy atom. The Hall–Kier alpha value is -0.440. The van der Waals surface area contributed by atoms with Crippen molar-refractivity contribution in [1.82, 2.24) is 4.90 Å². The largest absolute Gasteiger partial charge is 0.506 e. The van der Waals surface area contributed by atoms with Crippen molar-refractivity contribution in [3.05, 3.63) is 27.7 Å². The Labute approximate surface area is 131 Å². The van der Waals surface area contributed by atoms with Gasteiger partial charge in [0.25, 0.3) is 0 Å². The number of aromatic hydroxyl groups is 1. The molecule has 0 heterocycles. The van der Waals surface area contributed by atoms with Gasteiger partial charge in [-0.25, -0.2) is 0 Å². The van der Waals surface area contributed by atoms with Crippen molar-refractivity contribution in [3.8, 4) is 5.75 Å². The molecule has 1 aliphatic carbocycles. The van der Waals surface area contributed by atoms with E-state index in [9.17, 15) is 5.11 Å². The van der Waals surface area contributed by atoms with Crippen LogP contribution in [-0.4, -0.2) is 22.1 Å². The summed E-state index contributed by atoms with van der Waals surface area (Å²) in [6.45, 7) is 5.12. The van der Waals surface area contributed by atoms with Crippen LogP contribution in [0.15, 0.2) is 12.1 Å². The molecule has 4 heteroatoms. The normalized spacial score (nSPS) is 17.1. The number of phenolic OH excluding ortho intramolecular Hbond substituents is 1. The topological polar surface area (TPSA) is 23.5 Å². The van der Waals surface area contributed by atoms with Gasteiger partial charge in [0.15, 0.2) is 0 Å². The minimum atomic E-state index is 0.164. The van der Waals surface area contributed by atoms with Crippen LogP contribution in [0.25, 0.3) is 0 Å². The lowest BCUT2D eigenvalue weighted by atomic mass is 9.93. The van der Waals surface area contributed by atoms with Gasteiger partial charge < -0.3 is 5.11 Å². The van der Waals surface area contributed by atoms with Crippen LogP contribution in [-0.2, 0) is 6.54 Å². The average Bonchev–Trinajstić information content (AvgIpc) is 2.41. The third-order valence-electron chi connectivity index (χ3n) is 4.17. The summed E-state index contributed by atoms with van der Waals surface area (Å²) in [6, 6.07) is 4.44. The first-order chi connectivity index (χ1) is 9.49. The molecule has 1 fully saturated rings. The zero-order valence-electron chi connectivity index (χ0n) is 12.2. The molecule has 20 heavy (non-hydrogen) atoms. The van der Waals surface area contributed by atoms with Crippen molar-refractivity contribution in [1.29, 1.82) is 0 Å². The van der Waals surface area contributed by atoms with Crippen LogP contribution >= 0.6 is 23.2 Å². The number of halogens is 2. The van der Waals surface area contributed by atoms with Crippen LogP contribution in [0.1, 0.15) is 51.5 Å². The molecule has 1 N–H and O–H groups in total. The molecule has 1 aromatic rings. The molecule has 0 bridgehead atoms. The zero-order valence-corrected chi connectivity index (χ0v) is 13.7. The monoisotopic (exact) mass is 315 g/mol. The Morgan fingerprint density at radius 2 is 1.85 bits per heavy atom. The molecule has 0 spiro atoms. The van der Waals surface area contributed by atoms with Crippen LogP contribution in [0.4, 0.5) is 0 Å². The average molecular weight is 316 g/mol. The summed E-state index contributed by atoms with van der Waals surface area (Å²) in [5.41, 5.74) is 0.821.